The first-order valence-electron chi connectivity index (χ1n) is 7.15. The number of nitrogens with zero attached hydrogens (tertiary/aromatic N) is 1. The van der Waals surface area contributed by atoms with E-state index in [4.69, 9.17) is 4.74 Å². The Bertz CT molecular complexity index is 537. The summed E-state index contributed by atoms with van der Waals surface area (Å²) in [5.41, 5.74) is 3.51. The number of hydrogen-bond donors (Lipinski definition) is 1. The number of pyridine rings is 1. The molecule has 0 saturated heterocycles. The highest BCUT2D eigenvalue weighted by Gasteiger charge is 2.12. The molecule has 0 spiro atoms. The van der Waals surface area contributed by atoms with Crippen molar-refractivity contribution in [3.63, 3.8) is 0 Å². The maximum Gasteiger partial charge on any atom is 0.237 e. The molecule has 0 fully saturated rings. The van der Waals surface area contributed by atoms with Gasteiger partial charge >= 0.3 is 0 Å². The lowest BCUT2D eigenvalue weighted by Gasteiger charge is -2.20. The lowest BCUT2D eigenvalue weighted by atomic mass is 10.0. The molecule has 0 aliphatic heterocycles. The van der Waals surface area contributed by atoms with Crippen molar-refractivity contribution in [2.75, 3.05) is 11.9 Å². The highest BCUT2D eigenvalue weighted by molar-refractivity contribution is 5.53. The molecule has 20 heavy (non-hydrogen) atoms. The monoisotopic (exact) mass is 270 g/mol. The van der Waals surface area contributed by atoms with E-state index in [-0.39, 0.29) is 6.04 Å². The average Bonchev–Trinajstić information content (AvgIpc) is 2.48. The van der Waals surface area contributed by atoms with E-state index in [1.807, 2.05) is 19.1 Å². The molecule has 3 heteroatoms. The summed E-state index contributed by atoms with van der Waals surface area (Å²) in [6.07, 6.45) is 2.76. The Kier molecular flexibility index (Phi) is 4.99. The molecule has 1 aromatic heterocycles. The maximum atomic E-state index is 5.56. The minimum absolute atomic E-state index is 0.263. The van der Waals surface area contributed by atoms with E-state index in [0.717, 1.165) is 12.1 Å². The first kappa shape index (κ1) is 14.4. The van der Waals surface area contributed by atoms with Gasteiger partial charge in [0, 0.05) is 6.20 Å². The van der Waals surface area contributed by atoms with E-state index in [1.165, 1.54) is 11.1 Å². The summed E-state index contributed by atoms with van der Waals surface area (Å²) in [7, 11) is 0. The van der Waals surface area contributed by atoms with Gasteiger partial charge in [-0.2, -0.15) is 0 Å². The van der Waals surface area contributed by atoms with E-state index in [1.54, 1.807) is 6.20 Å². The minimum atomic E-state index is 0.263. The lowest BCUT2D eigenvalue weighted by molar-refractivity contribution is 0.328. The predicted octanol–water partition coefficient (Wildman–Crippen LogP) is 4.35. The van der Waals surface area contributed by atoms with Crippen LogP contribution in [0.25, 0.3) is 0 Å². The van der Waals surface area contributed by atoms with E-state index < -0.39 is 0 Å². The third-order valence-corrected chi connectivity index (χ3v) is 3.27. The number of anilines is 1. The van der Waals surface area contributed by atoms with Crippen LogP contribution in [0.2, 0.25) is 0 Å². The normalized spacial score (nSPS) is 11.9. The highest BCUT2D eigenvalue weighted by atomic mass is 16.5. The molecule has 2 aromatic rings. The Morgan fingerprint density at radius 3 is 2.55 bits per heavy atom. The van der Waals surface area contributed by atoms with Gasteiger partial charge in [0.1, 0.15) is 0 Å². The zero-order chi connectivity index (χ0) is 14.4. The molecular formula is C17H22N2O. The number of rotatable bonds is 6. The molecule has 1 N–H and O–H groups in total. The maximum absolute atomic E-state index is 5.56. The van der Waals surface area contributed by atoms with Crippen LogP contribution in [0.15, 0.2) is 42.6 Å². The van der Waals surface area contributed by atoms with Gasteiger partial charge < -0.3 is 10.1 Å². The molecule has 0 amide bonds. The molecule has 0 radical (unpaired) electrons. The van der Waals surface area contributed by atoms with Crippen molar-refractivity contribution in [1.29, 1.82) is 0 Å². The molecule has 0 saturated carbocycles. The first-order valence-corrected chi connectivity index (χ1v) is 7.15. The Balaban J connectivity index is 2.20. The summed E-state index contributed by atoms with van der Waals surface area (Å²) < 4.78 is 5.56. The van der Waals surface area contributed by atoms with E-state index in [9.17, 15) is 0 Å². The van der Waals surface area contributed by atoms with Crippen LogP contribution >= 0.6 is 0 Å². The van der Waals surface area contributed by atoms with E-state index >= 15 is 0 Å². The smallest absolute Gasteiger partial charge is 0.237 e. The zero-order valence-electron chi connectivity index (χ0n) is 12.4. The van der Waals surface area contributed by atoms with E-state index in [2.05, 4.69) is 48.4 Å². The van der Waals surface area contributed by atoms with Gasteiger partial charge in [-0.25, -0.2) is 4.98 Å². The Morgan fingerprint density at radius 1 is 1.15 bits per heavy atom. The van der Waals surface area contributed by atoms with Crippen molar-refractivity contribution in [3.05, 3.63) is 53.7 Å². The number of aromatic nitrogens is 1. The quantitative estimate of drug-likeness (QED) is 0.847. The van der Waals surface area contributed by atoms with Crippen LogP contribution in [0, 0.1) is 6.92 Å². The summed E-state index contributed by atoms with van der Waals surface area (Å²) in [6, 6.07) is 12.8. The number of ether oxygens (including phenoxy) is 1. The zero-order valence-corrected chi connectivity index (χ0v) is 12.4. The van der Waals surface area contributed by atoms with Gasteiger partial charge in [-0.15, -0.1) is 0 Å². The summed E-state index contributed by atoms with van der Waals surface area (Å²) in [5.74, 6) is 0.667. The first-order chi connectivity index (χ1) is 9.74. The molecule has 3 nitrogen and oxygen atoms in total. The van der Waals surface area contributed by atoms with Crippen LogP contribution in [0.4, 0.5) is 5.69 Å². The third kappa shape index (κ3) is 3.50. The molecule has 1 heterocycles. The van der Waals surface area contributed by atoms with Gasteiger partial charge in [-0.05, 0) is 38.0 Å². The fourth-order valence-electron chi connectivity index (χ4n) is 2.16. The second-order valence-electron chi connectivity index (χ2n) is 4.80. The molecule has 106 valence electrons. The summed E-state index contributed by atoms with van der Waals surface area (Å²) in [6.45, 7) is 6.86. The number of hydrogen-bond acceptors (Lipinski definition) is 3. The number of nitrogens with one attached hydrogen (secondary N) is 1. The Hall–Kier alpha value is -2.03. The van der Waals surface area contributed by atoms with Gasteiger partial charge in [0.25, 0.3) is 0 Å². The van der Waals surface area contributed by atoms with Crippen molar-refractivity contribution in [1.82, 2.24) is 4.98 Å². The van der Waals surface area contributed by atoms with Crippen LogP contribution < -0.4 is 10.1 Å². The standard InChI is InChI=1S/C17H22N2O/c1-4-15(14-10-8-13(3)9-11-14)19-16-7-6-12-18-17(16)20-5-2/h6-12,15,19H,4-5H2,1-3H3. The fourth-order valence-corrected chi connectivity index (χ4v) is 2.16. The van der Waals surface area contributed by atoms with Crippen LogP contribution in [-0.4, -0.2) is 11.6 Å². The van der Waals surface area contributed by atoms with Crippen molar-refractivity contribution >= 4 is 5.69 Å². The molecule has 0 bridgehead atoms. The predicted molar refractivity (Wildman–Crippen MR) is 83.2 cm³/mol. The average molecular weight is 270 g/mol. The number of aryl methyl sites for hydroxylation is 1. The molecule has 1 aromatic carbocycles. The topological polar surface area (TPSA) is 34.1 Å². The van der Waals surface area contributed by atoms with Crippen molar-refractivity contribution in [2.24, 2.45) is 0 Å². The highest BCUT2D eigenvalue weighted by Crippen LogP contribution is 2.28. The molecule has 1 unspecified atom stereocenters. The van der Waals surface area contributed by atoms with Crippen LogP contribution in [-0.2, 0) is 0 Å². The van der Waals surface area contributed by atoms with Crippen molar-refractivity contribution in [3.8, 4) is 5.88 Å². The summed E-state index contributed by atoms with van der Waals surface area (Å²) >= 11 is 0. The largest absolute Gasteiger partial charge is 0.476 e. The molecule has 0 aliphatic rings. The fraction of sp³-hybridized carbons (Fsp3) is 0.353. The van der Waals surface area contributed by atoms with Crippen LogP contribution in [0.3, 0.4) is 0 Å². The van der Waals surface area contributed by atoms with E-state index in [0.29, 0.717) is 12.5 Å². The van der Waals surface area contributed by atoms with Crippen molar-refractivity contribution in [2.45, 2.75) is 33.2 Å². The third-order valence-electron chi connectivity index (χ3n) is 3.27. The molecule has 1 atom stereocenters. The van der Waals surface area contributed by atoms with Gasteiger partial charge in [0.15, 0.2) is 0 Å². The molecular weight excluding hydrogens is 248 g/mol. The van der Waals surface area contributed by atoms with Gasteiger partial charge in [0.2, 0.25) is 5.88 Å². The van der Waals surface area contributed by atoms with Gasteiger partial charge in [-0.1, -0.05) is 36.8 Å². The Morgan fingerprint density at radius 2 is 1.90 bits per heavy atom. The van der Waals surface area contributed by atoms with Crippen LogP contribution in [0.5, 0.6) is 5.88 Å². The van der Waals surface area contributed by atoms with Crippen LogP contribution in [0.1, 0.15) is 37.4 Å². The summed E-state index contributed by atoms with van der Waals surface area (Å²) in [5, 5.41) is 3.53. The van der Waals surface area contributed by atoms with Gasteiger partial charge in [0.05, 0.1) is 18.3 Å². The van der Waals surface area contributed by atoms with Gasteiger partial charge in [-0.3, -0.25) is 0 Å². The second kappa shape index (κ2) is 6.94. The van der Waals surface area contributed by atoms with Crippen molar-refractivity contribution < 1.29 is 4.74 Å². The lowest BCUT2D eigenvalue weighted by Crippen LogP contribution is -2.11. The molecule has 0 aliphatic carbocycles. The molecule has 2 rings (SSSR count). The Labute approximate surface area is 121 Å². The SMILES string of the molecule is CCOc1ncccc1NC(CC)c1ccc(C)cc1. The summed E-state index contributed by atoms with van der Waals surface area (Å²) in [4.78, 5) is 4.28. The minimum Gasteiger partial charge on any atom is -0.476 e. The second-order valence-corrected chi connectivity index (χ2v) is 4.80. The number of benzene rings is 1.